The second kappa shape index (κ2) is 7.17. The topological polar surface area (TPSA) is 0 Å². The van der Waals surface area contributed by atoms with Gasteiger partial charge < -0.3 is 0 Å². The Hall–Kier alpha value is -1.22. The van der Waals surface area contributed by atoms with E-state index in [1.54, 1.807) is 0 Å². The first-order valence-electron chi connectivity index (χ1n) is 6.66. The number of unbranched alkanes of at least 4 members (excludes halogenated alkanes) is 4. The number of benzene rings is 1. The first-order valence-corrected chi connectivity index (χ1v) is 6.66. The number of hydrogen-bond acceptors (Lipinski definition) is 0. The Morgan fingerprint density at radius 1 is 0.941 bits per heavy atom. The first kappa shape index (κ1) is 13.8. The molecule has 0 aliphatic carbocycles. The van der Waals surface area contributed by atoms with Crippen molar-refractivity contribution in [1.29, 1.82) is 0 Å². The predicted molar refractivity (Wildman–Crippen MR) is 76.3 cm³/mol. The lowest BCUT2D eigenvalue weighted by molar-refractivity contribution is 0.649. The van der Waals surface area contributed by atoms with E-state index < -0.39 is 0 Å². The van der Waals surface area contributed by atoms with Gasteiger partial charge >= 0.3 is 0 Å². The summed E-state index contributed by atoms with van der Waals surface area (Å²) < 4.78 is 0. The molecule has 1 aromatic carbocycles. The summed E-state index contributed by atoms with van der Waals surface area (Å²) in [5.74, 6) is 2.70. The Bertz CT molecular complexity index is 393. The van der Waals surface area contributed by atoms with Crippen LogP contribution in [-0.2, 0) is 6.42 Å². The molecule has 0 saturated carbocycles. The lowest BCUT2D eigenvalue weighted by Gasteiger charge is -2.11. The average molecular weight is 228 g/mol. The van der Waals surface area contributed by atoms with Gasteiger partial charge in [0.05, 0.1) is 0 Å². The normalized spacial score (nSPS) is 10.2. The SMILES string of the molecule is C#CCCCCCCc1ccc(C)c(C)c1C. The molecule has 0 nitrogen and oxygen atoms in total. The Morgan fingerprint density at radius 2 is 1.65 bits per heavy atom. The lowest BCUT2D eigenvalue weighted by Crippen LogP contribution is -1.95. The van der Waals surface area contributed by atoms with Crippen molar-refractivity contribution in [1.82, 2.24) is 0 Å². The van der Waals surface area contributed by atoms with Crippen molar-refractivity contribution in [3.05, 3.63) is 34.4 Å². The van der Waals surface area contributed by atoms with Gasteiger partial charge in [0.2, 0.25) is 0 Å². The van der Waals surface area contributed by atoms with Crippen molar-refractivity contribution in [2.75, 3.05) is 0 Å². The molecule has 1 aromatic rings. The summed E-state index contributed by atoms with van der Waals surface area (Å²) >= 11 is 0. The number of hydrogen-bond donors (Lipinski definition) is 0. The van der Waals surface area contributed by atoms with E-state index in [1.165, 1.54) is 54.4 Å². The molecule has 0 saturated heterocycles. The molecule has 0 radical (unpaired) electrons. The number of rotatable bonds is 6. The van der Waals surface area contributed by atoms with Crippen molar-refractivity contribution in [3.63, 3.8) is 0 Å². The smallest absolute Gasteiger partial charge is 0.00860 e. The van der Waals surface area contributed by atoms with Gasteiger partial charge in [-0.25, -0.2) is 0 Å². The molecule has 0 heteroatoms. The van der Waals surface area contributed by atoms with E-state index in [1.807, 2.05) is 0 Å². The monoisotopic (exact) mass is 228 g/mol. The zero-order chi connectivity index (χ0) is 12.7. The largest absolute Gasteiger partial charge is 0.120 e. The molecule has 0 aliphatic heterocycles. The van der Waals surface area contributed by atoms with Crippen molar-refractivity contribution in [2.24, 2.45) is 0 Å². The predicted octanol–water partition coefficient (Wildman–Crippen LogP) is 4.74. The summed E-state index contributed by atoms with van der Waals surface area (Å²) in [5, 5.41) is 0. The van der Waals surface area contributed by atoms with Crippen LogP contribution in [0.1, 0.15) is 54.4 Å². The quantitative estimate of drug-likeness (QED) is 0.487. The molecular formula is C17H24. The Morgan fingerprint density at radius 3 is 2.35 bits per heavy atom. The highest BCUT2D eigenvalue weighted by molar-refractivity contribution is 5.38. The molecule has 0 atom stereocenters. The molecule has 0 spiro atoms. The summed E-state index contributed by atoms with van der Waals surface area (Å²) in [5.41, 5.74) is 5.86. The molecule has 1 rings (SSSR count). The molecule has 92 valence electrons. The zero-order valence-electron chi connectivity index (χ0n) is 11.5. The highest BCUT2D eigenvalue weighted by Crippen LogP contribution is 2.19. The van der Waals surface area contributed by atoms with Crippen LogP contribution >= 0.6 is 0 Å². The summed E-state index contributed by atoms with van der Waals surface area (Å²) in [4.78, 5) is 0. The minimum absolute atomic E-state index is 0.933. The molecular weight excluding hydrogens is 204 g/mol. The summed E-state index contributed by atoms with van der Waals surface area (Å²) in [6.07, 6.45) is 12.4. The molecule has 0 amide bonds. The van der Waals surface area contributed by atoms with Gasteiger partial charge in [-0.2, -0.15) is 0 Å². The fourth-order valence-corrected chi connectivity index (χ4v) is 2.18. The highest BCUT2D eigenvalue weighted by Gasteiger charge is 2.03. The van der Waals surface area contributed by atoms with Crippen LogP contribution in [-0.4, -0.2) is 0 Å². The van der Waals surface area contributed by atoms with E-state index in [0.29, 0.717) is 0 Å². The van der Waals surface area contributed by atoms with Crippen LogP contribution < -0.4 is 0 Å². The molecule has 0 heterocycles. The van der Waals surface area contributed by atoms with Gasteiger partial charge in [-0.3, -0.25) is 0 Å². The van der Waals surface area contributed by atoms with Crippen LogP contribution in [0.5, 0.6) is 0 Å². The molecule has 0 bridgehead atoms. The fourth-order valence-electron chi connectivity index (χ4n) is 2.18. The van der Waals surface area contributed by atoms with Gasteiger partial charge in [0.25, 0.3) is 0 Å². The minimum Gasteiger partial charge on any atom is -0.120 e. The maximum atomic E-state index is 5.23. The molecule has 0 aliphatic rings. The highest BCUT2D eigenvalue weighted by atomic mass is 14.1. The third-order valence-electron chi connectivity index (χ3n) is 3.69. The second-order valence-electron chi connectivity index (χ2n) is 4.91. The lowest BCUT2D eigenvalue weighted by atomic mass is 9.95. The van der Waals surface area contributed by atoms with Gasteiger partial charge in [0.15, 0.2) is 0 Å². The average Bonchev–Trinajstić information content (AvgIpc) is 2.33. The van der Waals surface area contributed by atoms with E-state index in [2.05, 4.69) is 38.8 Å². The van der Waals surface area contributed by atoms with Gasteiger partial charge in [-0.1, -0.05) is 25.0 Å². The van der Waals surface area contributed by atoms with E-state index in [4.69, 9.17) is 6.42 Å². The molecule has 17 heavy (non-hydrogen) atoms. The van der Waals surface area contributed by atoms with E-state index in [0.717, 1.165) is 6.42 Å². The minimum atomic E-state index is 0.933. The number of terminal acetylenes is 1. The third kappa shape index (κ3) is 4.27. The Balaban J connectivity index is 2.38. The molecule has 0 fully saturated rings. The standard InChI is InChI=1S/C17H24/c1-5-6-7-8-9-10-11-17-13-12-14(2)15(3)16(17)4/h1,12-13H,6-11H2,2-4H3. The maximum absolute atomic E-state index is 5.23. The van der Waals surface area contributed by atoms with Crippen molar-refractivity contribution >= 4 is 0 Å². The number of aryl methyl sites for hydroxylation is 2. The van der Waals surface area contributed by atoms with Crippen LogP contribution in [0, 0.1) is 33.1 Å². The van der Waals surface area contributed by atoms with Crippen LogP contribution in [0.4, 0.5) is 0 Å². The van der Waals surface area contributed by atoms with Crippen LogP contribution in [0.3, 0.4) is 0 Å². The molecule has 0 unspecified atom stereocenters. The summed E-state index contributed by atoms with van der Waals surface area (Å²) in [6.45, 7) is 6.66. The van der Waals surface area contributed by atoms with E-state index >= 15 is 0 Å². The van der Waals surface area contributed by atoms with Crippen LogP contribution in [0.15, 0.2) is 12.1 Å². The van der Waals surface area contributed by atoms with Gasteiger partial charge in [-0.05, 0) is 62.3 Å². The zero-order valence-corrected chi connectivity index (χ0v) is 11.5. The van der Waals surface area contributed by atoms with Crippen LogP contribution in [0.25, 0.3) is 0 Å². The fraction of sp³-hybridized carbons (Fsp3) is 0.529. The van der Waals surface area contributed by atoms with Gasteiger partial charge in [-0.15, -0.1) is 12.3 Å². The molecule has 0 N–H and O–H groups in total. The summed E-state index contributed by atoms with van der Waals surface area (Å²) in [6, 6.07) is 4.54. The first-order chi connectivity index (χ1) is 8.16. The van der Waals surface area contributed by atoms with E-state index in [-0.39, 0.29) is 0 Å². The Labute approximate surface area is 106 Å². The second-order valence-corrected chi connectivity index (χ2v) is 4.91. The third-order valence-corrected chi connectivity index (χ3v) is 3.69. The van der Waals surface area contributed by atoms with Crippen molar-refractivity contribution in [2.45, 2.75) is 59.3 Å². The van der Waals surface area contributed by atoms with Crippen LogP contribution in [0.2, 0.25) is 0 Å². The molecule has 0 aromatic heterocycles. The summed E-state index contributed by atoms with van der Waals surface area (Å²) in [7, 11) is 0. The van der Waals surface area contributed by atoms with Gasteiger partial charge in [0.1, 0.15) is 0 Å². The van der Waals surface area contributed by atoms with Crippen molar-refractivity contribution < 1.29 is 0 Å². The maximum Gasteiger partial charge on any atom is 0.00860 e. The van der Waals surface area contributed by atoms with Gasteiger partial charge in [0, 0.05) is 6.42 Å². The van der Waals surface area contributed by atoms with Crippen molar-refractivity contribution in [3.8, 4) is 12.3 Å². The van der Waals surface area contributed by atoms with E-state index in [9.17, 15) is 0 Å². The Kier molecular flexibility index (Phi) is 5.84.